The molecule has 1 aliphatic rings. The minimum absolute atomic E-state index is 0.201. The quantitative estimate of drug-likeness (QED) is 0.724. The number of aryl methyl sites for hydroxylation is 2. The van der Waals surface area contributed by atoms with Gasteiger partial charge in [-0.05, 0) is 19.4 Å². The largest absolute Gasteiger partial charge is 0.367 e. The van der Waals surface area contributed by atoms with Crippen molar-refractivity contribution in [2.75, 3.05) is 31.6 Å². The van der Waals surface area contributed by atoms with E-state index >= 15 is 0 Å². The molecular weight excluding hydrogens is 344 g/mol. The van der Waals surface area contributed by atoms with Gasteiger partial charge in [0.25, 0.3) is 0 Å². The van der Waals surface area contributed by atoms with Crippen LogP contribution in [-0.2, 0) is 11.3 Å². The van der Waals surface area contributed by atoms with E-state index in [1.165, 1.54) is 16.0 Å². The summed E-state index contributed by atoms with van der Waals surface area (Å²) in [6.45, 7) is 9.00. The van der Waals surface area contributed by atoms with Gasteiger partial charge >= 0.3 is 0 Å². The SMILES string of the molecule is Cc1sc2ncnc(NC[C@H]3C[NH+](Cc4ccccc4)CCO3)c2c1C. The second-order valence-electron chi connectivity index (χ2n) is 6.93. The minimum Gasteiger partial charge on any atom is -0.367 e. The van der Waals surface area contributed by atoms with Crippen LogP contribution < -0.4 is 10.2 Å². The molecule has 2 atom stereocenters. The summed E-state index contributed by atoms with van der Waals surface area (Å²) in [5.41, 5.74) is 2.66. The molecule has 0 radical (unpaired) electrons. The molecule has 136 valence electrons. The number of hydrogen-bond acceptors (Lipinski definition) is 5. The molecule has 6 heteroatoms. The van der Waals surface area contributed by atoms with E-state index in [0.29, 0.717) is 0 Å². The number of quaternary nitrogens is 1. The molecule has 1 aliphatic heterocycles. The third kappa shape index (κ3) is 3.72. The summed E-state index contributed by atoms with van der Waals surface area (Å²) < 4.78 is 5.99. The smallest absolute Gasteiger partial charge is 0.138 e. The van der Waals surface area contributed by atoms with Gasteiger partial charge in [0.05, 0.1) is 12.0 Å². The van der Waals surface area contributed by atoms with Gasteiger partial charge in [-0.25, -0.2) is 9.97 Å². The number of aromatic nitrogens is 2. The van der Waals surface area contributed by atoms with Gasteiger partial charge in [-0.2, -0.15) is 0 Å². The molecule has 1 fully saturated rings. The maximum absolute atomic E-state index is 5.99. The van der Waals surface area contributed by atoms with Crippen molar-refractivity contribution in [3.05, 3.63) is 52.7 Å². The molecule has 0 spiro atoms. The summed E-state index contributed by atoms with van der Waals surface area (Å²) in [6, 6.07) is 10.7. The molecule has 0 amide bonds. The van der Waals surface area contributed by atoms with Crippen molar-refractivity contribution in [1.82, 2.24) is 9.97 Å². The number of nitrogens with zero attached hydrogens (tertiary/aromatic N) is 2. The zero-order chi connectivity index (χ0) is 17.9. The van der Waals surface area contributed by atoms with E-state index in [0.717, 1.165) is 48.8 Å². The Balaban J connectivity index is 1.40. The molecule has 5 nitrogen and oxygen atoms in total. The summed E-state index contributed by atoms with van der Waals surface area (Å²) in [4.78, 5) is 12.8. The lowest BCUT2D eigenvalue weighted by molar-refractivity contribution is -0.924. The number of ether oxygens (including phenoxy) is 1. The van der Waals surface area contributed by atoms with Gasteiger partial charge in [0, 0.05) is 17.0 Å². The summed E-state index contributed by atoms with van der Waals surface area (Å²) in [5, 5.41) is 4.67. The number of hydrogen-bond donors (Lipinski definition) is 2. The molecule has 0 aliphatic carbocycles. The van der Waals surface area contributed by atoms with Gasteiger partial charge in [-0.1, -0.05) is 30.3 Å². The number of anilines is 1. The fourth-order valence-electron chi connectivity index (χ4n) is 3.56. The summed E-state index contributed by atoms with van der Waals surface area (Å²) >= 11 is 1.73. The number of nitrogens with one attached hydrogen (secondary N) is 2. The second-order valence-corrected chi connectivity index (χ2v) is 8.13. The van der Waals surface area contributed by atoms with Crippen LogP contribution in [0.4, 0.5) is 5.82 Å². The number of thiophene rings is 1. The lowest BCUT2D eigenvalue weighted by Gasteiger charge is -2.30. The average Bonchev–Trinajstić information content (AvgIpc) is 2.96. The maximum atomic E-state index is 5.99. The predicted octanol–water partition coefficient (Wildman–Crippen LogP) is 2.20. The van der Waals surface area contributed by atoms with E-state index in [2.05, 4.69) is 59.5 Å². The highest BCUT2D eigenvalue weighted by Gasteiger charge is 2.24. The molecule has 26 heavy (non-hydrogen) atoms. The minimum atomic E-state index is 0.201. The Hall–Kier alpha value is -2.02. The Morgan fingerprint density at radius 2 is 2.08 bits per heavy atom. The van der Waals surface area contributed by atoms with E-state index in [4.69, 9.17) is 4.74 Å². The van der Waals surface area contributed by atoms with Crippen LogP contribution in [0, 0.1) is 13.8 Å². The molecule has 1 unspecified atom stereocenters. The zero-order valence-electron chi connectivity index (χ0n) is 15.3. The van der Waals surface area contributed by atoms with Crippen molar-refractivity contribution in [2.24, 2.45) is 0 Å². The third-order valence-electron chi connectivity index (χ3n) is 5.08. The molecule has 2 aromatic heterocycles. The van der Waals surface area contributed by atoms with E-state index in [-0.39, 0.29) is 6.10 Å². The molecule has 0 saturated carbocycles. The van der Waals surface area contributed by atoms with Crippen LogP contribution in [0.15, 0.2) is 36.7 Å². The van der Waals surface area contributed by atoms with E-state index in [1.54, 1.807) is 22.6 Å². The van der Waals surface area contributed by atoms with Crippen molar-refractivity contribution in [2.45, 2.75) is 26.5 Å². The molecule has 2 N–H and O–H groups in total. The van der Waals surface area contributed by atoms with Crippen LogP contribution >= 0.6 is 11.3 Å². The van der Waals surface area contributed by atoms with Crippen molar-refractivity contribution in [1.29, 1.82) is 0 Å². The predicted molar refractivity (Wildman–Crippen MR) is 106 cm³/mol. The Labute approximate surface area is 158 Å². The fraction of sp³-hybridized carbons (Fsp3) is 0.400. The van der Waals surface area contributed by atoms with Crippen molar-refractivity contribution >= 4 is 27.4 Å². The first-order valence-electron chi connectivity index (χ1n) is 9.14. The second kappa shape index (κ2) is 7.70. The maximum Gasteiger partial charge on any atom is 0.138 e. The average molecular weight is 370 g/mol. The highest BCUT2D eigenvalue weighted by atomic mass is 32.1. The Bertz CT molecular complexity index is 880. The molecule has 3 aromatic rings. The Morgan fingerprint density at radius 3 is 2.92 bits per heavy atom. The highest BCUT2D eigenvalue weighted by Crippen LogP contribution is 2.32. The summed E-state index contributed by atoms with van der Waals surface area (Å²) in [5.74, 6) is 0.927. The van der Waals surface area contributed by atoms with Crippen molar-refractivity contribution in [3.8, 4) is 0 Å². The number of fused-ring (bicyclic) bond motifs is 1. The van der Waals surface area contributed by atoms with Crippen LogP contribution in [-0.4, -0.2) is 42.3 Å². The van der Waals surface area contributed by atoms with Crippen molar-refractivity contribution < 1.29 is 9.64 Å². The fourth-order valence-corrected chi connectivity index (χ4v) is 4.55. The van der Waals surface area contributed by atoms with Gasteiger partial charge < -0.3 is 15.0 Å². The molecule has 1 saturated heterocycles. The van der Waals surface area contributed by atoms with Gasteiger partial charge in [0.15, 0.2) is 0 Å². The number of rotatable bonds is 5. The molecule has 1 aromatic carbocycles. The summed E-state index contributed by atoms with van der Waals surface area (Å²) in [6.07, 6.45) is 1.85. The van der Waals surface area contributed by atoms with Gasteiger partial charge in [-0.3, -0.25) is 0 Å². The highest BCUT2D eigenvalue weighted by molar-refractivity contribution is 7.18. The number of morpholine rings is 1. The standard InChI is InChI=1S/C20H24N4OS/c1-14-15(2)26-20-18(14)19(22-13-23-20)21-10-17-12-24(8-9-25-17)11-16-6-4-3-5-7-16/h3-7,13,17H,8-12H2,1-2H3,(H,21,22,23)/p+1/t17-/m0/s1. The van der Waals surface area contributed by atoms with Gasteiger partial charge in [0.1, 0.15) is 42.7 Å². The first-order valence-corrected chi connectivity index (χ1v) is 9.96. The first-order chi connectivity index (χ1) is 12.7. The molecular formula is C20H25N4OS+. The van der Waals surface area contributed by atoms with Crippen LogP contribution in [0.25, 0.3) is 10.2 Å². The van der Waals surface area contributed by atoms with Crippen LogP contribution in [0.2, 0.25) is 0 Å². The third-order valence-corrected chi connectivity index (χ3v) is 6.20. The van der Waals surface area contributed by atoms with E-state index < -0.39 is 0 Å². The topological polar surface area (TPSA) is 51.5 Å². The zero-order valence-corrected chi connectivity index (χ0v) is 16.1. The van der Waals surface area contributed by atoms with E-state index in [9.17, 15) is 0 Å². The summed E-state index contributed by atoms with van der Waals surface area (Å²) in [7, 11) is 0. The van der Waals surface area contributed by atoms with Gasteiger partial charge in [-0.15, -0.1) is 11.3 Å². The van der Waals surface area contributed by atoms with Crippen molar-refractivity contribution in [3.63, 3.8) is 0 Å². The van der Waals surface area contributed by atoms with Crippen LogP contribution in [0.3, 0.4) is 0 Å². The Kier molecular flexibility index (Phi) is 5.15. The molecule has 4 rings (SSSR count). The number of benzene rings is 1. The van der Waals surface area contributed by atoms with Crippen LogP contribution in [0.1, 0.15) is 16.0 Å². The monoisotopic (exact) mass is 369 g/mol. The van der Waals surface area contributed by atoms with Gasteiger partial charge in [0.2, 0.25) is 0 Å². The Morgan fingerprint density at radius 1 is 1.23 bits per heavy atom. The normalized spacial score (nSPS) is 20.4. The molecule has 3 heterocycles. The van der Waals surface area contributed by atoms with E-state index in [1.807, 2.05) is 0 Å². The molecule has 0 bridgehead atoms. The van der Waals surface area contributed by atoms with Crippen LogP contribution in [0.5, 0.6) is 0 Å². The lowest BCUT2D eigenvalue weighted by atomic mass is 10.2. The first kappa shape index (κ1) is 17.4. The lowest BCUT2D eigenvalue weighted by Crippen LogP contribution is -3.13.